The fourth-order valence-corrected chi connectivity index (χ4v) is 12.4. The second-order valence-corrected chi connectivity index (χ2v) is 19.5. The largest absolute Gasteiger partial charge is 0.396 e. The SMILES string of the molecule is C/C=C/c1ccc2n(c1=O)C[C@@H]1[C@@H](CO)[C@H](C(=O)N3CCCCC3)[C@H]2N1C(=O)C1CCC1.C/C=C\c1ccc2n(c1=O)C[C@@H]1[C@@H](CO)[C@H](C(=O)N3CCCCC3)[C@H]2N1C(=O)C1CCC1. The number of fused-ring (bicyclic) bond motifs is 8. The number of piperidine rings is 2. The normalized spacial score (nSPS) is 29.8. The van der Waals surface area contributed by atoms with Crippen LogP contribution in [0.5, 0.6) is 0 Å². The molecule has 2 aliphatic carbocycles. The molecule has 2 N–H and O–H groups in total. The minimum atomic E-state index is -0.507. The van der Waals surface area contributed by atoms with Crippen molar-refractivity contribution in [2.75, 3.05) is 39.4 Å². The molecule has 2 aromatic heterocycles. The van der Waals surface area contributed by atoms with Crippen molar-refractivity contribution in [3.8, 4) is 0 Å². The minimum absolute atomic E-state index is 0.00347. The average Bonchev–Trinajstić information content (AvgIpc) is 3.67. The van der Waals surface area contributed by atoms with Gasteiger partial charge in [-0.15, -0.1) is 0 Å². The smallest absolute Gasteiger partial charge is 0.258 e. The maximum atomic E-state index is 13.8. The van der Waals surface area contributed by atoms with Crippen molar-refractivity contribution in [3.63, 3.8) is 0 Å². The molecule has 0 radical (unpaired) electrons. The molecule has 8 heterocycles. The van der Waals surface area contributed by atoms with E-state index in [2.05, 4.69) is 0 Å². The Morgan fingerprint density at radius 3 is 1.23 bits per heavy atom. The summed E-state index contributed by atoms with van der Waals surface area (Å²) in [5.74, 6) is -1.48. The van der Waals surface area contributed by atoms with Gasteiger partial charge in [-0.05, 0) is 102 Å². The van der Waals surface area contributed by atoms with E-state index in [9.17, 15) is 39.0 Å². The van der Waals surface area contributed by atoms with Gasteiger partial charge in [0, 0.05) is 98.7 Å². The van der Waals surface area contributed by atoms with E-state index in [1.165, 1.54) is 0 Å². The minimum Gasteiger partial charge on any atom is -0.396 e. The van der Waals surface area contributed by atoms with E-state index in [1.807, 2.05) is 57.7 Å². The summed E-state index contributed by atoms with van der Waals surface area (Å²) in [5.41, 5.74) is 2.50. The number of carbonyl (C=O) groups is 4. The topological polar surface area (TPSA) is 166 Å². The number of aliphatic hydroxyl groups is 2. The van der Waals surface area contributed by atoms with Gasteiger partial charge in [0.05, 0.1) is 36.0 Å². The van der Waals surface area contributed by atoms with Crippen molar-refractivity contribution >= 4 is 35.8 Å². The highest BCUT2D eigenvalue weighted by Gasteiger charge is 2.60. The Morgan fingerprint density at radius 1 is 0.547 bits per heavy atom. The first-order valence-corrected chi connectivity index (χ1v) is 24.3. The fraction of sp³-hybridized carbons (Fsp3) is 0.640. The van der Waals surface area contributed by atoms with Crippen LogP contribution in [0.15, 0.2) is 46.0 Å². The monoisotopic (exact) mass is 878 g/mol. The Hall–Kier alpha value is -4.82. The summed E-state index contributed by atoms with van der Waals surface area (Å²) in [6, 6.07) is 5.79. The van der Waals surface area contributed by atoms with Crippen molar-refractivity contribution in [2.24, 2.45) is 35.5 Å². The summed E-state index contributed by atoms with van der Waals surface area (Å²) in [4.78, 5) is 88.7. The van der Waals surface area contributed by atoms with Crippen LogP contribution in [0.1, 0.15) is 125 Å². The maximum Gasteiger partial charge on any atom is 0.258 e. The second-order valence-electron chi connectivity index (χ2n) is 19.5. The van der Waals surface area contributed by atoms with Crippen molar-refractivity contribution < 1.29 is 29.4 Å². The molecule has 0 aromatic carbocycles. The van der Waals surface area contributed by atoms with Gasteiger partial charge in [0.15, 0.2) is 0 Å². The second kappa shape index (κ2) is 18.6. The van der Waals surface area contributed by atoms with E-state index in [4.69, 9.17) is 0 Å². The molecule has 0 unspecified atom stereocenters. The molecule has 4 saturated heterocycles. The van der Waals surface area contributed by atoms with E-state index in [0.717, 1.165) is 115 Å². The number of carbonyl (C=O) groups excluding carboxylic acids is 4. The first kappa shape index (κ1) is 44.4. The third-order valence-electron chi connectivity index (χ3n) is 16.2. The van der Waals surface area contributed by atoms with Gasteiger partial charge in [-0.3, -0.25) is 28.8 Å². The predicted molar refractivity (Wildman–Crippen MR) is 241 cm³/mol. The first-order valence-electron chi connectivity index (χ1n) is 24.3. The number of allylic oxidation sites excluding steroid dienone is 2. The van der Waals surface area contributed by atoms with Crippen LogP contribution >= 0.6 is 0 Å². The Kier molecular flexibility index (Phi) is 12.9. The third kappa shape index (κ3) is 7.49. The summed E-state index contributed by atoms with van der Waals surface area (Å²) >= 11 is 0. The molecule has 64 heavy (non-hydrogen) atoms. The number of aromatic nitrogens is 2. The summed E-state index contributed by atoms with van der Waals surface area (Å²) in [5, 5.41) is 20.8. The molecule has 2 saturated carbocycles. The third-order valence-corrected chi connectivity index (χ3v) is 16.2. The van der Waals surface area contributed by atoms with Crippen LogP contribution in [0.4, 0.5) is 0 Å². The molecular formula is C50H66N6O8. The average molecular weight is 879 g/mol. The molecule has 8 atom stereocenters. The number of amides is 4. The number of rotatable bonds is 8. The highest BCUT2D eigenvalue weighted by atomic mass is 16.3. The van der Waals surface area contributed by atoms with Crippen molar-refractivity contribution in [1.82, 2.24) is 28.7 Å². The van der Waals surface area contributed by atoms with Gasteiger partial charge >= 0.3 is 0 Å². The van der Waals surface area contributed by atoms with Crippen molar-refractivity contribution in [2.45, 2.75) is 128 Å². The Balaban J connectivity index is 0.000000162. The first-order chi connectivity index (χ1) is 31.1. The van der Waals surface area contributed by atoms with Crippen LogP contribution in [-0.2, 0) is 32.3 Å². The molecule has 10 rings (SSSR count). The van der Waals surface area contributed by atoms with Gasteiger partial charge in [0.1, 0.15) is 0 Å². The lowest BCUT2D eigenvalue weighted by Gasteiger charge is -2.42. The maximum absolute atomic E-state index is 13.8. The van der Waals surface area contributed by atoms with Crippen molar-refractivity contribution in [3.05, 3.63) is 79.6 Å². The van der Waals surface area contributed by atoms with Gasteiger partial charge in [0.25, 0.3) is 11.1 Å². The zero-order valence-corrected chi connectivity index (χ0v) is 37.6. The number of aliphatic hydroxyl groups excluding tert-OH is 2. The van der Waals surface area contributed by atoms with Gasteiger partial charge in [0.2, 0.25) is 23.6 Å². The van der Waals surface area contributed by atoms with E-state index in [-0.39, 0.29) is 83.7 Å². The van der Waals surface area contributed by atoms with Crippen LogP contribution in [0.3, 0.4) is 0 Å². The number of nitrogens with zero attached hydrogens (tertiary/aromatic N) is 6. The summed E-state index contributed by atoms with van der Waals surface area (Å²) in [7, 11) is 0. The zero-order chi connectivity index (χ0) is 44.8. The number of likely N-dealkylation sites (tertiary alicyclic amines) is 2. The van der Waals surface area contributed by atoms with Gasteiger partial charge in [-0.25, -0.2) is 0 Å². The molecular weight excluding hydrogens is 813 g/mol. The van der Waals surface area contributed by atoms with Gasteiger partial charge in [-0.2, -0.15) is 0 Å². The van der Waals surface area contributed by atoms with E-state index in [1.54, 1.807) is 33.4 Å². The molecule has 0 spiro atoms. The molecule has 14 heteroatoms. The molecule has 4 amide bonds. The Labute approximate surface area is 375 Å². The molecule has 8 aliphatic rings. The van der Waals surface area contributed by atoms with E-state index < -0.39 is 23.9 Å². The van der Waals surface area contributed by atoms with Crippen molar-refractivity contribution in [1.29, 1.82) is 0 Å². The molecule has 6 aliphatic heterocycles. The number of pyridine rings is 2. The van der Waals surface area contributed by atoms with Gasteiger partial charge < -0.3 is 38.9 Å². The van der Waals surface area contributed by atoms with E-state index in [0.29, 0.717) is 24.2 Å². The molecule has 6 fully saturated rings. The number of hydrogen-bond donors (Lipinski definition) is 2. The van der Waals surface area contributed by atoms with Crippen LogP contribution in [0, 0.1) is 35.5 Å². The highest BCUT2D eigenvalue weighted by Crippen LogP contribution is 2.52. The fourth-order valence-electron chi connectivity index (χ4n) is 12.4. The standard InChI is InChI=1S/2C25H33N3O4/c2*1-2-7-16-10-11-19-22-21(25(32)26-12-4-3-5-13-26)18(15-29)20(14-27(19)23(16)30)28(22)24(31)17-8-6-9-17/h2*2,7,10-11,17-18,20-22,29H,3-6,8-9,12-15H2,1H3/b7-2+;7-2-/t2*18-,20-,21+,22+/m11/s1. The Bertz CT molecular complexity index is 2140. The zero-order valence-electron chi connectivity index (χ0n) is 37.6. The lowest BCUT2D eigenvalue weighted by molar-refractivity contribution is -0.146. The highest BCUT2D eigenvalue weighted by molar-refractivity contribution is 5.87. The lowest BCUT2D eigenvalue weighted by atomic mass is 9.83. The quantitative estimate of drug-likeness (QED) is 0.395. The molecule has 4 bridgehead atoms. The Morgan fingerprint density at radius 2 is 0.922 bits per heavy atom. The molecule has 14 nitrogen and oxygen atoms in total. The summed E-state index contributed by atoms with van der Waals surface area (Å²) in [6.45, 7) is 7.02. The lowest BCUT2D eigenvalue weighted by Crippen LogP contribution is -2.52. The van der Waals surface area contributed by atoms with Crippen LogP contribution in [0.2, 0.25) is 0 Å². The van der Waals surface area contributed by atoms with E-state index >= 15 is 0 Å². The van der Waals surface area contributed by atoms with Crippen LogP contribution in [0.25, 0.3) is 12.2 Å². The summed E-state index contributed by atoms with van der Waals surface area (Å²) in [6.07, 6.45) is 19.1. The molecule has 344 valence electrons. The molecule has 2 aromatic rings. The summed E-state index contributed by atoms with van der Waals surface area (Å²) < 4.78 is 3.50. The van der Waals surface area contributed by atoms with Crippen LogP contribution in [-0.4, -0.2) is 114 Å². The van der Waals surface area contributed by atoms with Gasteiger partial charge in [-0.1, -0.05) is 37.1 Å². The van der Waals surface area contributed by atoms with Crippen LogP contribution < -0.4 is 11.1 Å². The number of hydrogen-bond acceptors (Lipinski definition) is 8. The predicted octanol–water partition coefficient (Wildman–Crippen LogP) is 4.37.